The average molecular weight is 261 g/mol. The van der Waals surface area contributed by atoms with Crippen molar-refractivity contribution in [2.45, 2.75) is 25.3 Å². The molecule has 0 spiro atoms. The molecule has 19 heavy (non-hydrogen) atoms. The molecule has 0 fully saturated rings. The number of nitrogens with zero attached hydrogens (tertiary/aromatic N) is 2. The summed E-state index contributed by atoms with van der Waals surface area (Å²) in [4.78, 5) is 4.31. The molecule has 1 heterocycles. The molecule has 2 rings (SSSR count). The first-order chi connectivity index (χ1) is 9.20. The number of nitrogens with one attached hydrogen (secondary N) is 1. The molecular weight excluding hydrogens is 241 g/mol. The van der Waals surface area contributed by atoms with E-state index < -0.39 is 0 Å². The third-order valence-corrected chi connectivity index (χ3v) is 3.47. The van der Waals surface area contributed by atoms with Gasteiger partial charge in [-0.2, -0.15) is 0 Å². The van der Waals surface area contributed by atoms with Gasteiger partial charge in [-0.25, -0.2) is 9.37 Å². The van der Waals surface area contributed by atoms with E-state index in [-0.39, 0.29) is 11.9 Å². The van der Waals surface area contributed by atoms with Crippen molar-refractivity contribution in [1.82, 2.24) is 14.9 Å². The lowest BCUT2D eigenvalue weighted by Gasteiger charge is -2.16. The zero-order valence-corrected chi connectivity index (χ0v) is 11.4. The highest BCUT2D eigenvalue weighted by atomic mass is 19.1. The van der Waals surface area contributed by atoms with Crippen LogP contribution in [0.25, 0.3) is 0 Å². The molecule has 0 aliphatic carbocycles. The standard InChI is InChI=1S/C15H20FN3/c1-17-13(7-8-15-18-9-10-19(15)2)11-12-5-3-4-6-14(12)16/h3-6,9-10,13,17H,7-8,11H2,1-2H3. The van der Waals surface area contributed by atoms with Gasteiger partial charge in [0.25, 0.3) is 0 Å². The van der Waals surface area contributed by atoms with Crippen molar-refractivity contribution < 1.29 is 4.39 Å². The van der Waals surface area contributed by atoms with E-state index in [1.54, 1.807) is 12.3 Å². The van der Waals surface area contributed by atoms with Gasteiger partial charge in [-0.15, -0.1) is 0 Å². The molecular formula is C15H20FN3. The second-order valence-corrected chi connectivity index (χ2v) is 4.77. The van der Waals surface area contributed by atoms with Crippen molar-refractivity contribution in [1.29, 1.82) is 0 Å². The van der Waals surface area contributed by atoms with E-state index in [1.807, 2.05) is 37.0 Å². The lowest BCUT2D eigenvalue weighted by Crippen LogP contribution is -2.28. The van der Waals surface area contributed by atoms with Crippen molar-refractivity contribution in [2.75, 3.05) is 7.05 Å². The number of imidazole rings is 1. The van der Waals surface area contributed by atoms with Crippen LogP contribution < -0.4 is 5.32 Å². The highest BCUT2D eigenvalue weighted by Gasteiger charge is 2.11. The number of benzene rings is 1. The van der Waals surface area contributed by atoms with Crippen molar-refractivity contribution in [2.24, 2.45) is 7.05 Å². The molecule has 1 N–H and O–H groups in total. The summed E-state index contributed by atoms with van der Waals surface area (Å²) in [5, 5.41) is 3.26. The van der Waals surface area contributed by atoms with E-state index in [0.717, 1.165) is 24.2 Å². The van der Waals surface area contributed by atoms with E-state index in [2.05, 4.69) is 10.3 Å². The van der Waals surface area contributed by atoms with Crippen LogP contribution in [0, 0.1) is 5.82 Å². The van der Waals surface area contributed by atoms with E-state index >= 15 is 0 Å². The predicted octanol–water partition coefficient (Wildman–Crippen LogP) is 2.32. The fraction of sp³-hybridized carbons (Fsp3) is 0.400. The highest BCUT2D eigenvalue weighted by molar-refractivity contribution is 5.18. The Morgan fingerprint density at radius 2 is 2.16 bits per heavy atom. The minimum atomic E-state index is -0.125. The van der Waals surface area contributed by atoms with Gasteiger partial charge in [-0.3, -0.25) is 0 Å². The van der Waals surface area contributed by atoms with Gasteiger partial charge in [-0.1, -0.05) is 18.2 Å². The summed E-state index contributed by atoms with van der Waals surface area (Å²) >= 11 is 0. The summed E-state index contributed by atoms with van der Waals surface area (Å²) in [6.45, 7) is 0. The molecule has 0 saturated carbocycles. The molecule has 102 valence electrons. The van der Waals surface area contributed by atoms with Crippen LogP contribution in [0.5, 0.6) is 0 Å². The summed E-state index contributed by atoms with van der Waals surface area (Å²) in [6, 6.07) is 7.22. The quantitative estimate of drug-likeness (QED) is 0.865. The predicted molar refractivity (Wildman–Crippen MR) is 74.5 cm³/mol. The Hall–Kier alpha value is -1.68. The fourth-order valence-corrected chi connectivity index (χ4v) is 2.22. The van der Waals surface area contributed by atoms with E-state index in [4.69, 9.17) is 0 Å². The summed E-state index contributed by atoms with van der Waals surface area (Å²) < 4.78 is 15.6. The molecule has 1 aromatic heterocycles. The molecule has 2 aromatic rings. The van der Waals surface area contributed by atoms with Gasteiger partial charge < -0.3 is 9.88 Å². The number of halogens is 1. The van der Waals surface area contributed by atoms with E-state index in [0.29, 0.717) is 6.42 Å². The van der Waals surface area contributed by atoms with Gasteiger partial charge in [0.1, 0.15) is 11.6 Å². The van der Waals surface area contributed by atoms with Crippen LogP contribution in [0.3, 0.4) is 0 Å². The zero-order chi connectivity index (χ0) is 13.7. The Morgan fingerprint density at radius 1 is 1.37 bits per heavy atom. The Bertz CT molecular complexity index is 522. The maximum Gasteiger partial charge on any atom is 0.126 e. The first-order valence-corrected chi connectivity index (χ1v) is 6.57. The second-order valence-electron chi connectivity index (χ2n) is 4.77. The van der Waals surface area contributed by atoms with E-state index in [1.165, 1.54) is 6.07 Å². The topological polar surface area (TPSA) is 29.9 Å². The minimum Gasteiger partial charge on any atom is -0.338 e. The van der Waals surface area contributed by atoms with Gasteiger partial charge in [0.15, 0.2) is 0 Å². The number of hydrogen-bond donors (Lipinski definition) is 1. The molecule has 4 heteroatoms. The van der Waals surface area contributed by atoms with Crippen molar-refractivity contribution in [3.63, 3.8) is 0 Å². The number of aryl methyl sites for hydroxylation is 2. The molecule has 0 saturated heterocycles. The first-order valence-electron chi connectivity index (χ1n) is 6.57. The van der Waals surface area contributed by atoms with Crippen molar-refractivity contribution in [3.05, 3.63) is 53.9 Å². The molecule has 0 bridgehead atoms. The molecule has 0 radical (unpaired) electrons. The molecule has 0 aliphatic heterocycles. The van der Waals surface area contributed by atoms with Crippen LogP contribution in [-0.2, 0) is 19.9 Å². The van der Waals surface area contributed by atoms with Crippen molar-refractivity contribution >= 4 is 0 Å². The Labute approximate surface area is 113 Å². The van der Waals surface area contributed by atoms with Gasteiger partial charge in [0, 0.05) is 31.9 Å². The van der Waals surface area contributed by atoms with Crippen LogP contribution in [-0.4, -0.2) is 22.6 Å². The summed E-state index contributed by atoms with van der Waals surface area (Å²) in [5.74, 6) is 0.938. The lowest BCUT2D eigenvalue weighted by atomic mass is 10.0. The van der Waals surface area contributed by atoms with Crippen LogP contribution in [0.15, 0.2) is 36.7 Å². The largest absolute Gasteiger partial charge is 0.338 e. The number of rotatable bonds is 6. The van der Waals surface area contributed by atoms with Gasteiger partial charge >= 0.3 is 0 Å². The summed E-state index contributed by atoms with van der Waals surface area (Å²) in [6.07, 6.45) is 6.29. The zero-order valence-electron chi connectivity index (χ0n) is 11.4. The SMILES string of the molecule is CNC(CCc1nccn1C)Cc1ccccc1F. The number of likely N-dealkylation sites (N-methyl/N-ethyl adjacent to an activating group) is 1. The summed E-state index contributed by atoms with van der Waals surface area (Å²) in [5.41, 5.74) is 0.765. The summed E-state index contributed by atoms with van der Waals surface area (Å²) in [7, 11) is 3.91. The number of aromatic nitrogens is 2. The van der Waals surface area contributed by atoms with Crippen LogP contribution in [0.4, 0.5) is 4.39 Å². The van der Waals surface area contributed by atoms with Crippen LogP contribution in [0.2, 0.25) is 0 Å². The normalized spacial score (nSPS) is 12.6. The third kappa shape index (κ3) is 3.64. The second kappa shape index (κ2) is 6.48. The monoisotopic (exact) mass is 261 g/mol. The number of hydrogen-bond acceptors (Lipinski definition) is 2. The Kier molecular flexibility index (Phi) is 4.68. The Balaban J connectivity index is 1.94. The van der Waals surface area contributed by atoms with Gasteiger partial charge in [0.2, 0.25) is 0 Å². The van der Waals surface area contributed by atoms with Crippen molar-refractivity contribution in [3.8, 4) is 0 Å². The average Bonchev–Trinajstić information content (AvgIpc) is 2.82. The molecule has 1 aromatic carbocycles. The molecule has 0 aliphatic rings. The van der Waals surface area contributed by atoms with Crippen LogP contribution in [0.1, 0.15) is 17.8 Å². The Morgan fingerprint density at radius 3 is 2.79 bits per heavy atom. The molecule has 1 unspecified atom stereocenters. The maximum atomic E-state index is 13.6. The highest BCUT2D eigenvalue weighted by Crippen LogP contribution is 2.12. The first kappa shape index (κ1) is 13.7. The molecule has 3 nitrogen and oxygen atoms in total. The minimum absolute atomic E-state index is 0.125. The third-order valence-electron chi connectivity index (χ3n) is 3.47. The maximum absolute atomic E-state index is 13.6. The lowest BCUT2D eigenvalue weighted by molar-refractivity contribution is 0.496. The smallest absolute Gasteiger partial charge is 0.126 e. The van der Waals surface area contributed by atoms with Crippen LogP contribution >= 0.6 is 0 Å². The molecule has 0 amide bonds. The van der Waals surface area contributed by atoms with E-state index in [9.17, 15) is 4.39 Å². The molecule has 1 atom stereocenters. The fourth-order valence-electron chi connectivity index (χ4n) is 2.22. The van der Waals surface area contributed by atoms with Gasteiger partial charge in [0.05, 0.1) is 0 Å². The van der Waals surface area contributed by atoms with Gasteiger partial charge in [-0.05, 0) is 31.5 Å².